The molecule has 1 aromatic carbocycles. The van der Waals surface area contributed by atoms with E-state index < -0.39 is 0 Å². The Kier molecular flexibility index (Phi) is 4.39. The minimum atomic E-state index is -0.0889. The first-order valence-corrected chi connectivity index (χ1v) is 9.59. The van der Waals surface area contributed by atoms with Crippen molar-refractivity contribution in [3.05, 3.63) is 29.3 Å². The van der Waals surface area contributed by atoms with Crippen LogP contribution in [0.15, 0.2) is 18.2 Å². The van der Waals surface area contributed by atoms with E-state index in [1.54, 1.807) is 34.9 Å². The van der Waals surface area contributed by atoms with Crippen molar-refractivity contribution in [3.63, 3.8) is 0 Å². The number of fused-ring (bicyclic) bond motifs is 1. The lowest BCUT2D eigenvalue weighted by Gasteiger charge is -2.36. The molecule has 0 spiro atoms. The first kappa shape index (κ1) is 16.4. The average molecular weight is 360 g/mol. The van der Waals surface area contributed by atoms with Crippen LogP contribution in [0.2, 0.25) is 0 Å². The zero-order valence-corrected chi connectivity index (χ0v) is 14.6. The van der Waals surface area contributed by atoms with E-state index in [9.17, 15) is 14.4 Å². The second-order valence-electron chi connectivity index (χ2n) is 6.49. The lowest BCUT2D eigenvalue weighted by molar-refractivity contribution is -0.134. The van der Waals surface area contributed by atoms with Gasteiger partial charge in [-0.1, -0.05) is 0 Å². The predicted molar refractivity (Wildman–Crippen MR) is 95.5 cm³/mol. The molecule has 3 aliphatic heterocycles. The molecule has 3 aliphatic rings. The van der Waals surface area contributed by atoms with E-state index >= 15 is 0 Å². The maximum Gasteiger partial charge on any atom is 0.253 e. The van der Waals surface area contributed by atoms with E-state index in [0.29, 0.717) is 38.2 Å². The van der Waals surface area contributed by atoms with Gasteiger partial charge in [0.05, 0.1) is 12.5 Å². The van der Waals surface area contributed by atoms with E-state index in [4.69, 9.17) is 0 Å². The van der Waals surface area contributed by atoms with Crippen molar-refractivity contribution in [2.24, 2.45) is 0 Å². The minimum absolute atomic E-state index is 0.0367. The molecular weight excluding hydrogens is 340 g/mol. The number of carbonyl (C=O) groups excluding carboxylic acids is 3. The molecule has 0 bridgehead atoms. The monoisotopic (exact) mass is 360 g/mol. The first-order valence-electron chi connectivity index (χ1n) is 8.44. The number of thioether (sulfide) groups is 1. The molecule has 1 unspecified atom stereocenters. The molecule has 1 aromatic rings. The molecule has 25 heavy (non-hydrogen) atoms. The number of hydrogen-bond acceptors (Lipinski definition) is 5. The molecule has 2 saturated heterocycles. The minimum Gasteiger partial charge on any atom is -0.338 e. The second kappa shape index (κ2) is 6.68. The predicted octanol–water partition coefficient (Wildman–Crippen LogP) is 0.128. The van der Waals surface area contributed by atoms with E-state index in [2.05, 4.69) is 10.6 Å². The Morgan fingerprint density at radius 1 is 1.12 bits per heavy atom. The Hall–Kier alpha value is -2.06. The van der Waals surface area contributed by atoms with Gasteiger partial charge in [-0.25, -0.2) is 0 Å². The Labute approximate surface area is 150 Å². The van der Waals surface area contributed by atoms with Crippen molar-refractivity contribution in [2.75, 3.05) is 43.1 Å². The normalized spacial score (nSPS) is 22.7. The third-order valence-corrected chi connectivity index (χ3v) is 5.81. The van der Waals surface area contributed by atoms with Crippen LogP contribution in [0.25, 0.3) is 0 Å². The van der Waals surface area contributed by atoms with Crippen LogP contribution in [-0.2, 0) is 16.0 Å². The molecular formula is C17H20N4O3S. The maximum atomic E-state index is 12.7. The van der Waals surface area contributed by atoms with Crippen LogP contribution in [0.4, 0.5) is 5.69 Å². The van der Waals surface area contributed by atoms with Crippen LogP contribution in [0.1, 0.15) is 15.9 Å². The van der Waals surface area contributed by atoms with Crippen LogP contribution in [0.3, 0.4) is 0 Å². The topological polar surface area (TPSA) is 81.8 Å². The number of benzene rings is 1. The fourth-order valence-corrected chi connectivity index (χ4v) is 4.38. The summed E-state index contributed by atoms with van der Waals surface area (Å²) in [6.07, 6.45) is 0.325. The maximum absolute atomic E-state index is 12.7. The van der Waals surface area contributed by atoms with Crippen molar-refractivity contribution in [1.82, 2.24) is 15.1 Å². The van der Waals surface area contributed by atoms with Gasteiger partial charge >= 0.3 is 0 Å². The summed E-state index contributed by atoms with van der Waals surface area (Å²) in [6.45, 7) is 2.22. The fraction of sp³-hybridized carbons (Fsp3) is 0.471. The van der Waals surface area contributed by atoms with Gasteiger partial charge in [0.1, 0.15) is 0 Å². The summed E-state index contributed by atoms with van der Waals surface area (Å²) < 4.78 is 0. The summed E-state index contributed by atoms with van der Waals surface area (Å²) in [5.74, 6) is 1.71. The third kappa shape index (κ3) is 3.23. The number of rotatable bonds is 2. The highest BCUT2D eigenvalue weighted by Gasteiger charge is 2.31. The molecule has 0 aliphatic carbocycles. The Morgan fingerprint density at radius 2 is 1.88 bits per heavy atom. The van der Waals surface area contributed by atoms with Crippen LogP contribution in [-0.4, -0.2) is 71.4 Å². The van der Waals surface area contributed by atoms with Crippen molar-refractivity contribution in [3.8, 4) is 0 Å². The summed E-state index contributed by atoms with van der Waals surface area (Å²) in [7, 11) is 0. The van der Waals surface area contributed by atoms with Crippen molar-refractivity contribution < 1.29 is 14.4 Å². The zero-order valence-electron chi connectivity index (χ0n) is 13.8. The number of anilines is 1. The van der Waals surface area contributed by atoms with Gasteiger partial charge in [0.2, 0.25) is 11.8 Å². The number of nitrogens with one attached hydrogen (secondary N) is 2. The van der Waals surface area contributed by atoms with Gasteiger partial charge in [-0.2, -0.15) is 0 Å². The van der Waals surface area contributed by atoms with E-state index in [0.717, 1.165) is 22.9 Å². The molecule has 1 atom stereocenters. The quantitative estimate of drug-likeness (QED) is 0.783. The van der Waals surface area contributed by atoms with Crippen molar-refractivity contribution in [2.45, 2.75) is 12.5 Å². The summed E-state index contributed by atoms with van der Waals surface area (Å²) in [6, 6.07) is 5.25. The standard InChI is InChI=1S/C17H20N4O3S/c22-15-8-12-7-11(1-2-13(12)19-15)16(23)20-3-5-21(6-4-20)17(24)14-9-25-10-18-14/h1-2,7,14,18H,3-6,8-10H2,(H,19,22). The Morgan fingerprint density at radius 3 is 2.60 bits per heavy atom. The van der Waals surface area contributed by atoms with Crippen molar-refractivity contribution in [1.29, 1.82) is 0 Å². The second-order valence-corrected chi connectivity index (χ2v) is 7.52. The first-order chi connectivity index (χ1) is 12.1. The molecule has 132 valence electrons. The van der Waals surface area contributed by atoms with Crippen LogP contribution < -0.4 is 10.6 Å². The van der Waals surface area contributed by atoms with Crippen LogP contribution >= 0.6 is 11.8 Å². The number of carbonyl (C=O) groups is 3. The van der Waals surface area contributed by atoms with Gasteiger partial charge in [0.15, 0.2) is 0 Å². The van der Waals surface area contributed by atoms with Gasteiger partial charge in [-0.3, -0.25) is 19.7 Å². The lowest BCUT2D eigenvalue weighted by Crippen LogP contribution is -2.54. The number of hydrogen-bond donors (Lipinski definition) is 2. The van der Waals surface area contributed by atoms with Crippen molar-refractivity contribution >= 4 is 35.2 Å². The molecule has 0 saturated carbocycles. The molecule has 8 heteroatoms. The average Bonchev–Trinajstić information content (AvgIpc) is 3.28. The molecule has 3 heterocycles. The third-order valence-electron chi connectivity index (χ3n) is 4.87. The summed E-state index contributed by atoms with van der Waals surface area (Å²) in [5.41, 5.74) is 2.26. The van der Waals surface area contributed by atoms with Gasteiger partial charge in [0, 0.05) is 49.1 Å². The van der Waals surface area contributed by atoms with Crippen LogP contribution in [0.5, 0.6) is 0 Å². The Balaban J connectivity index is 1.37. The van der Waals surface area contributed by atoms with Gasteiger partial charge < -0.3 is 15.1 Å². The number of nitrogens with zero attached hydrogens (tertiary/aromatic N) is 2. The molecule has 7 nitrogen and oxygen atoms in total. The zero-order chi connectivity index (χ0) is 17.4. The SMILES string of the molecule is O=C1Cc2cc(C(=O)N3CCN(C(=O)C4CSCN4)CC3)ccc2N1. The van der Waals surface area contributed by atoms with Gasteiger partial charge in [0.25, 0.3) is 5.91 Å². The smallest absolute Gasteiger partial charge is 0.253 e. The van der Waals surface area contributed by atoms with E-state index in [1.165, 1.54) is 0 Å². The fourth-order valence-electron chi connectivity index (χ4n) is 3.45. The largest absolute Gasteiger partial charge is 0.338 e. The summed E-state index contributed by atoms with van der Waals surface area (Å²) >= 11 is 1.73. The molecule has 2 N–H and O–H groups in total. The number of piperazine rings is 1. The molecule has 4 rings (SSSR count). The van der Waals surface area contributed by atoms with Gasteiger partial charge in [-0.15, -0.1) is 11.8 Å². The molecule has 2 fully saturated rings. The lowest BCUT2D eigenvalue weighted by atomic mass is 10.1. The van der Waals surface area contributed by atoms with Crippen LogP contribution in [0, 0.1) is 0 Å². The molecule has 0 radical (unpaired) electrons. The number of amides is 3. The van der Waals surface area contributed by atoms with Gasteiger partial charge in [-0.05, 0) is 23.8 Å². The molecule has 3 amide bonds. The summed E-state index contributed by atoms with van der Waals surface area (Å²) in [5, 5.41) is 5.97. The van der Waals surface area contributed by atoms with E-state index in [1.807, 2.05) is 4.90 Å². The highest BCUT2D eigenvalue weighted by Crippen LogP contribution is 2.24. The Bertz CT molecular complexity index is 725. The molecule has 0 aromatic heterocycles. The highest BCUT2D eigenvalue weighted by molar-refractivity contribution is 7.99. The van der Waals surface area contributed by atoms with E-state index in [-0.39, 0.29) is 23.8 Å². The highest BCUT2D eigenvalue weighted by atomic mass is 32.2. The summed E-state index contributed by atoms with van der Waals surface area (Å²) in [4.78, 5) is 40.2.